The molecule has 0 radical (unpaired) electrons. The Balaban J connectivity index is 2.44. The van der Waals surface area contributed by atoms with E-state index in [-0.39, 0.29) is 5.75 Å². The van der Waals surface area contributed by atoms with Gasteiger partial charge in [-0.3, -0.25) is 0 Å². The smallest absolute Gasteiger partial charge is 0.406 e. The molecular formula is C14H11FN2O5. The highest BCUT2D eigenvalue weighted by Crippen LogP contribution is 2.30. The van der Waals surface area contributed by atoms with E-state index >= 15 is 0 Å². The number of ether oxygens (including phenoxy) is 1. The summed E-state index contributed by atoms with van der Waals surface area (Å²) in [6.45, 7) is 1.25. The lowest BCUT2D eigenvalue weighted by molar-refractivity contribution is -0.390. The predicted molar refractivity (Wildman–Crippen MR) is 74.0 cm³/mol. The first-order chi connectivity index (χ1) is 10.4. The second-order valence-corrected chi connectivity index (χ2v) is 4.41. The standard InChI is InChI=1S/C14H11FN2O5/c1-8(14(18)19)22-12-6-10(7-16-13(12)17(20)21)9-2-4-11(15)5-3-9/h2-8H,1H3,(H,18,19). The minimum Gasteiger partial charge on any atom is -0.479 e. The van der Waals surface area contributed by atoms with E-state index in [1.165, 1.54) is 43.5 Å². The quantitative estimate of drug-likeness (QED) is 0.673. The highest BCUT2D eigenvalue weighted by molar-refractivity contribution is 5.73. The number of carbonyl (C=O) groups is 1. The number of carboxylic acid groups (broad SMARTS) is 1. The van der Waals surface area contributed by atoms with E-state index in [1.54, 1.807) is 0 Å². The SMILES string of the molecule is CC(Oc1cc(-c2ccc(F)cc2)cnc1[N+](=O)[O-])C(=O)O. The zero-order chi connectivity index (χ0) is 16.3. The normalized spacial score (nSPS) is 11.7. The molecule has 8 heteroatoms. The Labute approximate surface area is 124 Å². The Morgan fingerprint density at radius 3 is 2.55 bits per heavy atom. The summed E-state index contributed by atoms with van der Waals surface area (Å²) in [5, 5.41) is 19.8. The van der Waals surface area contributed by atoms with E-state index in [1.807, 2.05) is 0 Å². The van der Waals surface area contributed by atoms with E-state index < -0.39 is 28.6 Å². The fourth-order valence-electron chi connectivity index (χ4n) is 1.70. The summed E-state index contributed by atoms with van der Waals surface area (Å²) in [5.74, 6) is -2.53. The van der Waals surface area contributed by atoms with Crippen molar-refractivity contribution in [1.29, 1.82) is 0 Å². The first kappa shape index (κ1) is 15.4. The molecule has 1 unspecified atom stereocenters. The number of carboxylic acids is 1. The number of benzene rings is 1. The topological polar surface area (TPSA) is 103 Å². The summed E-state index contributed by atoms with van der Waals surface area (Å²) in [4.78, 5) is 24.7. The first-order valence-electron chi connectivity index (χ1n) is 6.18. The molecule has 1 aromatic heterocycles. The molecule has 114 valence electrons. The molecule has 1 aromatic carbocycles. The number of aliphatic carboxylic acids is 1. The van der Waals surface area contributed by atoms with Gasteiger partial charge in [0.25, 0.3) is 0 Å². The Morgan fingerprint density at radius 1 is 1.36 bits per heavy atom. The van der Waals surface area contributed by atoms with Gasteiger partial charge in [-0.15, -0.1) is 0 Å². The lowest BCUT2D eigenvalue weighted by Gasteiger charge is -2.11. The van der Waals surface area contributed by atoms with E-state index in [0.29, 0.717) is 11.1 Å². The van der Waals surface area contributed by atoms with Gasteiger partial charge in [-0.25, -0.2) is 9.18 Å². The zero-order valence-corrected chi connectivity index (χ0v) is 11.4. The van der Waals surface area contributed by atoms with Gasteiger partial charge in [-0.1, -0.05) is 12.1 Å². The molecule has 0 spiro atoms. The lowest BCUT2D eigenvalue weighted by Crippen LogP contribution is -2.23. The number of nitrogens with zero attached hydrogens (tertiary/aromatic N) is 2. The maximum Gasteiger partial charge on any atom is 0.406 e. The van der Waals surface area contributed by atoms with Crippen molar-refractivity contribution in [2.24, 2.45) is 0 Å². The van der Waals surface area contributed by atoms with Crippen molar-refractivity contribution >= 4 is 11.8 Å². The molecule has 1 atom stereocenters. The van der Waals surface area contributed by atoms with Gasteiger partial charge >= 0.3 is 11.8 Å². The van der Waals surface area contributed by atoms with Gasteiger partial charge in [-0.2, -0.15) is 0 Å². The number of halogens is 1. The van der Waals surface area contributed by atoms with Crippen LogP contribution in [0.2, 0.25) is 0 Å². The Bertz CT molecular complexity index is 718. The molecule has 0 aliphatic rings. The maximum absolute atomic E-state index is 12.9. The van der Waals surface area contributed by atoms with Crippen molar-refractivity contribution in [3.63, 3.8) is 0 Å². The molecule has 0 aliphatic heterocycles. The molecule has 22 heavy (non-hydrogen) atoms. The third-order valence-electron chi connectivity index (χ3n) is 2.83. The fourth-order valence-corrected chi connectivity index (χ4v) is 1.70. The summed E-state index contributed by atoms with van der Waals surface area (Å²) in [5.41, 5.74) is 1.01. The third-order valence-corrected chi connectivity index (χ3v) is 2.83. The van der Waals surface area contributed by atoms with Crippen LogP contribution in [0.4, 0.5) is 10.2 Å². The van der Waals surface area contributed by atoms with E-state index in [4.69, 9.17) is 9.84 Å². The summed E-state index contributed by atoms with van der Waals surface area (Å²) in [7, 11) is 0. The van der Waals surface area contributed by atoms with Crippen molar-refractivity contribution in [2.75, 3.05) is 0 Å². The van der Waals surface area contributed by atoms with Gasteiger partial charge in [0, 0.05) is 11.6 Å². The van der Waals surface area contributed by atoms with Crippen molar-refractivity contribution in [3.05, 3.63) is 52.5 Å². The van der Waals surface area contributed by atoms with Crippen LogP contribution in [0.5, 0.6) is 5.75 Å². The molecular weight excluding hydrogens is 295 g/mol. The average molecular weight is 306 g/mol. The predicted octanol–water partition coefficient (Wildman–Crippen LogP) is 2.65. The van der Waals surface area contributed by atoms with Gasteiger partial charge in [0.05, 0.1) is 0 Å². The van der Waals surface area contributed by atoms with Gasteiger partial charge in [0.1, 0.15) is 12.0 Å². The van der Waals surface area contributed by atoms with Crippen LogP contribution in [0.15, 0.2) is 36.5 Å². The molecule has 7 nitrogen and oxygen atoms in total. The molecule has 0 amide bonds. The van der Waals surface area contributed by atoms with E-state index in [9.17, 15) is 19.3 Å². The second-order valence-electron chi connectivity index (χ2n) is 4.41. The number of rotatable bonds is 5. The Hall–Kier alpha value is -3.03. The van der Waals surface area contributed by atoms with Crippen LogP contribution in [0.1, 0.15) is 6.92 Å². The molecule has 0 fully saturated rings. The van der Waals surface area contributed by atoms with Crippen molar-refractivity contribution in [3.8, 4) is 16.9 Å². The average Bonchev–Trinajstić information content (AvgIpc) is 2.47. The Kier molecular flexibility index (Phi) is 4.31. The van der Waals surface area contributed by atoms with Crippen LogP contribution in [-0.4, -0.2) is 27.1 Å². The number of nitro groups is 1. The molecule has 0 saturated heterocycles. The Morgan fingerprint density at radius 2 is 2.00 bits per heavy atom. The monoisotopic (exact) mass is 306 g/mol. The lowest BCUT2D eigenvalue weighted by atomic mass is 10.1. The molecule has 2 aromatic rings. The third kappa shape index (κ3) is 3.35. The van der Waals surface area contributed by atoms with Crippen LogP contribution in [0.25, 0.3) is 11.1 Å². The minimum absolute atomic E-state index is 0.262. The number of aromatic nitrogens is 1. The first-order valence-corrected chi connectivity index (χ1v) is 6.18. The van der Waals surface area contributed by atoms with Crippen molar-refractivity contribution in [1.82, 2.24) is 4.98 Å². The summed E-state index contributed by atoms with van der Waals surface area (Å²) < 4.78 is 18.0. The second kappa shape index (κ2) is 6.17. The summed E-state index contributed by atoms with van der Waals surface area (Å²) in [6.07, 6.45) is -0.0344. The fraction of sp³-hybridized carbons (Fsp3) is 0.143. The van der Waals surface area contributed by atoms with E-state index in [0.717, 1.165) is 0 Å². The minimum atomic E-state index is -1.27. The molecule has 0 saturated carbocycles. The summed E-state index contributed by atoms with van der Waals surface area (Å²) >= 11 is 0. The van der Waals surface area contributed by atoms with Gasteiger partial charge in [0.15, 0.2) is 6.10 Å². The van der Waals surface area contributed by atoms with E-state index in [2.05, 4.69) is 4.98 Å². The van der Waals surface area contributed by atoms with Crippen molar-refractivity contribution < 1.29 is 24.0 Å². The van der Waals surface area contributed by atoms with Crippen molar-refractivity contribution in [2.45, 2.75) is 13.0 Å². The van der Waals surface area contributed by atoms with Crippen LogP contribution in [-0.2, 0) is 4.79 Å². The van der Waals surface area contributed by atoms with Gasteiger partial charge in [0.2, 0.25) is 5.75 Å². The largest absolute Gasteiger partial charge is 0.479 e. The number of hydrogen-bond acceptors (Lipinski definition) is 5. The number of hydrogen-bond donors (Lipinski definition) is 1. The van der Waals surface area contributed by atoms with Gasteiger partial charge < -0.3 is 20.0 Å². The number of pyridine rings is 1. The van der Waals surface area contributed by atoms with Crippen LogP contribution < -0.4 is 4.74 Å². The molecule has 2 rings (SSSR count). The summed E-state index contributed by atoms with van der Waals surface area (Å²) in [6, 6.07) is 6.72. The zero-order valence-electron chi connectivity index (χ0n) is 11.4. The molecule has 0 bridgehead atoms. The highest BCUT2D eigenvalue weighted by Gasteiger charge is 2.23. The van der Waals surface area contributed by atoms with Crippen LogP contribution in [0.3, 0.4) is 0 Å². The van der Waals surface area contributed by atoms with Gasteiger partial charge in [-0.05, 0) is 34.5 Å². The maximum atomic E-state index is 12.9. The highest BCUT2D eigenvalue weighted by atomic mass is 19.1. The molecule has 0 aliphatic carbocycles. The van der Waals surface area contributed by atoms with Crippen LogP contribution in [0, 0.1) is 15.9 Å². The molecule has 1 heterocycles. The van der Waals surface area contributed by atoms with Crippen LogP contribution >= 0.6 is 0 Å². The molecule has 1 N–H and O–H groups in total.